The van der Waals surface area contributed by atoms with Gasteiger partial charge >= 0.3 is 0 Å². The summed E-state index contributed by atoms with van der Waals surface area (Å²) in [4.78, 5) is 0. The Balaban J connectivity index is 2.32. The summed E-state index contributed by atoms with van der Waals surface area (Å²) in [7, 11) is 0. The Morgan fingerprint density at radius 2 is 1.14 bits per heavy atom. The number of rotatable bonds is 0. The molecule has 0 radical (unpaired) electrons. The van der Waals surface area contributed by atoms with E-state index in [0.29, 0.717) is 0 Å². The number of benzene rings is 2. The molecule has 0 atom stereocenters. The molecule has 0 aliphatic carbocycles. The van der Waals surface area contributed by atoms with Gasteiger partial charge in [0.2, 0.25) is 0 Å². The first-order chi connectivity index (χ1) is 10.6. The molecule has 2 nitrogen and oxygen atoms in total. The van der Waals surface area contributed by atoms with Gasteiger partial charge in [0.25, 0.3) is 0 Å². The van der Waals surface area contributed by atoms with Crippen LogP contribution in [0.3, 0.4) is 0 Å². The number of hydrogen-bond acceptors (Lipinski definition) is 2. The zero-order valence-electron chi connectivity index (χ0n) is 12.7. The van der Waals surface area contributed by atoms with Gasteiger partial charge in [-0.05, 0) is 62.1 Å². The third kappa shape index (κ3) is 2.91. The van der Waals surface area contributed by atoms with Crippen molar-refractivity contribution < 1.29 is 9.47 Å². The van der Waals surface area contributed by atoms with Gasteiger partial charge in [0.1, 0.15) is 11.5 Å². The van der Waals surface area contributed by atoms with Crippen molar-refractivity contribution in [3.05, 3.63) is 44.3 Å². The molecule has 0 aromatic heterocycles. The van der Waals surface area contributed by atoms with Crippen molar-refractivity contribution in [2.45, 2.75) is 26.7 Å². The van der Waals surface area contributed by atoms with E-state index in [1.807, 2.05) is 24.3 Å². The van der Waals surface area contributed by atoms with Gasteiger partial charge in [0, 0.05) is 20.1 Å². The summed E-state index contributed by atoms with van der Waals surface area (Å²) in [5, 5.41) is 0. The van der Waals surface area contributed by atoms with Crippen LogP contribution in [0, 0.1) is 13.8 Å². The minimum absolute atomic E-state index is 0.722. The second kappa shape index (κ2) is 6.63. The van der Waals surface area contributed by atoms with Crippen molar-refractivity contribution >= 4 is 31.9 Å². The van der Waals surface area contributed by atoms with Crippen LogP contribution in [-0.2, 0) is 0 Å². The Morgan fingerprint density at radius 3 is 1.55 bits per heavy atom. The zero-order chi connectivity index (χ0) is 15.7. The van der Waals surface area contributed by atoms with Gasteiger partial charge in [-0.2, -0.15) is 0 Å². The maximum atomic E-state index is 6.06. The maximum Gasteiger partial charge on any atom is 0.127 e. The van der Waals surface area contributed by atoms with E-state index in [1.165, 1.54) is 11.1 Å². The highest BCUT2D eigenvalue weighted by Crippen LogP contribution is 2.45. The normalized spacial score (nSPS) is 14.4. The second-order valence-corrected chi connectivity index (χ2v) is 7.20. The van der Waals surface area contributed by atoms with E-state index < -0.39 is 0 Å². The fourth-order valence-corrected chi connectivity index (χ4v) is 3.41. The van der Waals surface area contributed by atoms with Crippen LogP contribution < -0.4 is 9.47 Å². The van der Waals surface area contributed by atoms with E-state index in [9.17, 15) is 0 Å². The molecule has 0 saturated carbocycles. The predicted octanol–water partition coefficient (Wildman–Crippen LogP) is 6.05. The predicted molar refractivity (Wildman–Crippen MR) is 97.0 cm³/mol. The monoisotopic (exact) mass is 424 g/mol. The Labute approximate surface area is 148 Å². The quantitative estimate of drug-likeness (QED) is 0.511. The first kappa shape index (κ1) is 15.9. The zero-order valence-corrected chi connectivity index (χ0v) is 15.9. The number of fused-ring (bicyclic) bond motifs is 3. The van der Waals surface area contributed by atoms with Gasteiger partial charge < -0.3 is 9.47 Å². The number of ether oxygens (including phenoxy) is 2. The lowest BCUT2D eigenvalue weighted by atomic mass is 9.94. The Bertz CT molecular complexity index is 649. The molecule has 0 saturated heterocycles. The van der Waals surface area contributed by atoms with Crippen LogP contribution in [0.15, 0.2) is 33.2 Å². The van der Waals surface area contributed by atoms with E-state index in [0.717, 1.165) is 57.6 Å². The summed E-state index contributed by atoms with van der Waals surface area (Å²) < 4.78 is 14.3. The third-order valence-electron chi connectivity index (χ3n) is 4.03. The van der Waals surface area contributed by atoms with Crippen LogP contribution >= 0.6 is 31.9 Å². The highest BCUT2D eigenvalue weighted by Gasteiger charge is 2.20. The van der Waals surface area contributed by atoms with Crippen LogP contribution in [0.25, 0.3) is 11.1 Å². The number of hydrogen-bond donors (Lipinski definition) is 0. The van der Waals surface area contributed by atoms with Gasteiger partial charge in [0.15, 0.2) is 0 Å². The molecule has 0 spiro atoms. The Hall–Kier alpha value is -1.00. The summed E-state index contributed by atoms with van der Waals surface area (Å²) in [6, 6.07) is 8.18. The van der Waals surface area contributed by atoms with E-state index >= 15 is 0 Å². The molecule has 2 aromatic carbocycles. The van der Waals surface area contributed by atoms with Crippen molar-refractivity contribution in [2.24, 2.45) is 0 Å². The summed E-state index contributed by atoms with van der Waals surface area (Å²) in [6.07, 6.45) is 2.00. The summed E-state index contributed by atoms with van der Waals surface area (Å²) >= 11 is 7.28. The van der Waals surface area contributed by atoms with Crippen molar-refractivity contribution in [1.82, 2.24) is 0 Å². The molecule has 3 rings (SSSR count). The van der Waals surface area contributed by atoms with E-state index in [2.05, 4.69) is 45.7 Å². The van der Waals surface area contributed by atoms with Gasteiger partial charge in [0.05, 0.1) is 13.2 Å². The lowest BCUT2D eigenvalue weighted by Gasteiger charge is -2.22. The second-order valence-electron chi connectivity index (χ2n) is 5.50. The average Bonchev–Trinajstić information content (AvgIpc) is 2.51. The van der Waals surface area contributed by atoms with Crippen LogP contribution in [0.5, 0.6) is 11.5 Å². The molecule has 22 heavy (non-hydrogen) atoms. The Morgan fingerprint density at radius 1 is 0.727 bits per heavy atom. The standard InChI is InChI=1S/C18H18Br2O2/c1-11-13(19)5-7-15-17(11)18-12(2)14(20)6-8-16(18)22-10-4-3-9-21-15/h5-8H,3-4,9-10H2,1-2H3. The summed E-state index contributed by atoms with van der Waals surface area (Å²) in [6.45, 7) is 5.67. The molecule has 4 heteroatoms. The molecular formula is C18H18Br2O2. The van der Waals surface area contributed by atoms with Crippen LogP contribution in [0.4, 0.5) is 0 Å². The van der Waals surface area contributed by atoms with Crippen LogP contribution in [0.2, 0.25) is 0 Å². The van der Waals surface area contributed by atoms with Crippen molar-refractivity contribution in [2.75, 3.05) is 13.2 Å². The fraction of sp³-hybridized carbons (Fsp3) is 0.333. The van der Waals surface area contributed by atoms with E-state index in [1.54, 1.807) is 0 Å². The molecule has 0 amide bonds. The Kier molecular flexibility index (Phi) is 4.79. The maximum absolute atomic E-state index is 6.06. The first-order valence-corrected chi connectivity index (χ1v) is 9.02. The highest BCUT2D eigenvalue weighted by atomic mass is 79.9. The van der Waals surface area contributed by atoms with Gasteiger partial charge in [-0.3, -0.25) is 0 Å². The minimum atomic E-state index is 0.722. The summed E-state index contributed by atoms with van der Waals surface area (Å²) in [5.74, 6) is 1.85. The van der Waals surface area contributed by atoms with E-state index in [4.69, 9.17) is 9.47 Å². The molecule has 0 unspecified atom stereocenters. The fourth-order valence-electron chi connectivity index (χ4n) is 2.75. The number of halogens is 2. The first-order valence-electron chi connectivity index (χ1n) is 7.43. The van der Waals surface area contributed by atoms with Crippen molar-refractivity contribution in [3.63, 3.8) is 0 Å². The minimum Gasteiger partial charge on any atom is -0.493 e. The van der Waals surface area contributed by atoms with E-state index in [-0.39, 0.29) is 0 Å². The molecule has 0 N–H and O–H groups in total. The largest absolute Gasteiger partial charge is 0.493 e. The van der Waals surface area contributed by atoms with Gasteiger partial charge in [-0.25, -0.2) is 0 Å². The SMILES string of the molecule is Cc1c(Br)ccc2c1-c1c(ccc(Br)c1C)OCCCCO2. The topological polar surface area (TPSA) is 18.5 Å². The molecule has 0 fully saturated rings. The summed E-state index contributed by atoms with van der Waals surface area (Å²) in [5.41, 5.74) is 4.57. The van der Waals surface area contributed by atoms with Crippen molar-refractivity contribution in [1.29, 1.82) is 0 Å². The third-order valence-corrected chi connectivity index (χ3v) is 5.74. The lowest BCUT2D eigenvalue weighted by Crippen LogP contribution is -2.08. The molecule has 2 aromatic rings. The van der Waals surface area contributed by atoms with Crippen molar-refractivity contribution in [3.8, 4) is 22.6 Å². The lowest BCUT2D eigenvalue weighted by molar-refractivity contribution is 0.263. The smallest absolute Gasteiger partial charge is 0.127 e. The molecule has 0 bridgehead atoms. The van der Waals surface area contributed by atoms with Crippen LogP contribution in [0.1, 0.15) is 24.0 Å². The molecular weight excluding hydrogens is 408 g/mol. The highest BCUT2D eigenvalue weighted by molar-refractivity contribution is 9.10. The van der Waals surface area contributed by atoms with Crippen LogP contribution in [-0.4, -0.2) is 13.2 Å². The average molecular weight is 426 g/mol. The van der Waals surface area contributed by atoms with Gasteiger partial charge in [-0.15, -0.1) is 0 Å². The molecule has 116 valence electrons. The molecule has 1 aliphatic heterocycles. The molecule has 1 heterocycles. The molecule has 1 aliphatic rings. The van der Waals surface area contributed by atoms with Gasteiger partial charge in [-0.1, -0.05) is 31.9 Å².